The maximum Gasteiger partial charge on any atom is 0.416 e. The van der Waals surface area contributed by atoms with E-state index in [0.717, 1.165) is 5.56 Å². The minimum absolute atomic E-state index is 0.0216. The van der Waals surface area contributed by atoms with E-state index in [1.54, 1.807) is 6.07 Å². The van der Waals surface area contributed by atoms with Crippen molar-refractivity contribution < 1.29 is 32.7 Å². The van der Waals surface area contributed by atoms with Gasteiger partial charge in [0.05, 0.1) is 42.5 Å². The van der Waals surface area contributed by atoms with E-state index in [4.69, 9.17) is 23.5 Å². The summed E-state index contributed by atoms with van der Waals surface area (Å²) in [6, 6.07) is 11.3. The van der Waals surface area contributed by atoms with Gasteiger partial charge < -0.3 is 28.4 Å². The first-order valence-electron chi connectivity index (χ1n) is 12.2. The Labute approximate surface area is 207 Å². The highest BCUT2D eigenvalue weighted by Gasteiger charge is 2.39. The van der Waals surface area contributed by atoms with Crippen molar-refractivity contribution in [2.24, 2.45) is 0 Å². The van der Waals surface area contributed by atoms with E-state index in [1.165, 1.54) is 4.90 Å². The quantitative estimate of drug-likeness (QED) is 0.519. The zero-order valence-electron chi connectivity index (χ0n) is 20.2. The second kappa shape index (κ2) is 9.34. The molecule has 3 aliphatic rings. The number of anilines is 2. The zero-order valence-corrected chi connectivity index (χ0v) is 20.2. The average molecular weight is 498 g/mol. The fourth-order valence-electron chi connectivity index (χ4n) is 5.36. The summed E-state index contributed by atoms with van der Waals surface area (Å²) in [6.45, 7) is 5.95. The molecular formula is C26H28FN3O6. The Morgan fingerprint density at radius 2 is 1.81 bits per heavy atom. The second-order valence-electron chi connectivity index (χ2n) is 9.54. The summed E-state index contributed by atoms with van der Waals surface area (Å²) in [5, 5.41) is 4.52. The minimum Gasteiger partial charge on any atom is -0.447 e. The Morgan fingerprint density at radius 3 is 2.53 bits per heavy atom. The van der Waals surface area contributed by atoms with E-state index in [-0.39, 0.29) is 36.3 Å². The monoisotopic (exact) mass is 497 g/mol. The number of aromatic nitrogens is 1. The first kappa shape index (κ1) is 23.2. The van der Waals surface area contributed by atoms with Crippen molar-refractivity contribution in [3.8, 4) is 0 Å². The van der Waals surface area contributed by atoms with Gasteiger partial charge in [0, 0.05) is 18.7 Å². The van der Waals surface area contributed by atoms with Gasteiger partial charge in [-0.1, -0.05) is 35.5 Å². The van der Waals surface area contributed by atoms with Gasteiger partial charge in [-0.05, 0) is 31.9 Å². The predicted molar refractivity (Wildman–Crippen MR) is 129 cm³/mol. The van der Waals surface area contributed by atoms with Crippen LogP contribution < -0.4 is 9.80 Å². The van der Waals surface area contributed by atoms with E-state index in [2.05, 4.69) is 5.16 Å². The molecule has 6 rings (SSSR count). The van der Waals surface area contributed by atoms with Crippen molar-refractivity contribution >= 4 is 28.6 Å². The number of rotatable bonds is 5. The van der Waals surface area contributed by atoms with E-state index in [1.807, 2.05) is 49.1 Å². The molecule has 10 heteroatoms. The van der Waals surface area contributed by atoms with Crippen LogP contribution in [0.15, 0.2) is 40.9 Å². The number of hydrogen-bond donors (Lipinski definition) is 0. The number of carbonyl (C=O) groups is 1. The van der Waals surface area contributed by atoms with Crippen LogP contribution in [0, 0.1) is 5.82 Å². The van der Waals surface area contributed by atoms with Gasteiger partial charge in [0.25, 0.3) is 0 Å². The van der Waals surface area contributed by atoms with Crippen LogP contribution in [0.4, 0.5) is 20.7 Å². The molecule has 1 amide bonds. The lowest BCUT2D eigenvalue weighted by molar-refractivity contribution is -0.0445. The molecule has 36 heavy (non-hydrogen) atoms. The highest BCUT2D eigenvalue weighted by Crippen LogP contribution is 2.42. The van der Waals surface area contributed by atoms with Crippen LogP contribution in [0.5, 0.6) is 0 Å². The number of fused-ring (bicyclic) bond motifs is 1. The normalized spacial score (nSPS) is 25.2. The Morgan fingerprint density at radius 1 is 1.08 bits per heavy atom. The lowest BCUT2D eigenvalue weighted by atomic mass is 10.0. The molecule has 0 radical (unpaired) electrons. The van der Waals surface area contributed by atoms with Crippen LogP contribution in [0.2, 0.25) is 0 Å². The summed E-state index contributed by atoms with van der Waals surface area (Å²) >= 11 is 0. The van der Waals surface area contributed by atoms with Gasteiger partial charge in [-0.3, -0.25) is 4.90 Å². The molecule has 0 unspecified atom stereocenters. The van der Waals surface area contributed by atoms with Crippen LogP contribution in [0.25, 0.3) is 11.0 Å². The van der Waals surface area contributed by atoms with Crippen molar-refractivity contribution in [1.82, 2.24) is 5.16 Å². The van der Waals surface area contributed by atoms with Crippen molar-refractivity contribution in [3.63, 3.8) is 0 Å². The van der Waals surface area contributed by atoms with E-state index >= 15 is 4.39 Å². The Hall–Kier alpha value is -3.21. The van der Waals surface area contributed by atoms with Crippen LogP contribution in [0.3, 0.4) is 0 Å². The molecule has 9 nitrogen and oxygen atoms in total. The maximum atomic E-state index is 16.2. The lowest BCUT2D eigenvalue weighted by Crippen LogP contribution is -2.46. The number of cyclic esters (lactones) is 1. The molecule has 3 fully saturated rings. The van der Waals surface area contributed by atoms with Gasteiger partial charge in [-0.15, -0.1) is 0 Å². The molecule has 190 valence electrons. The SMILES string of the molecule is C[C@@H]1CN(c2c(C3OCCO3)cc3c(N4C(=O)OC[C@H]4Cc4ccccc4)noc3c2F)C[C@H](C)O1. The van der Waals surface area contributed by atoms with Gasteiger partial charge in [0.2, 0.25) is 5.58 Å². The third kappa shape index (κ3) is 4.08. The summed E-state index contributed by atoms with van der Waals surface area (Å²) in [5.74, 6) is -0.337. The summed E-state index contributed by atoms with van der Waals surface area (Å²) in [4.78, 5) is 16.2. The number of nitrogens with zero attached hydrogens (tertiary/aromatic N) is 3. The molecule has 0 bridgehead atoms. The van der Waals surface area contributed by atoms with E-state index < -0.39 is 18.2 Å². The topological polar surface area (TPSA) is 86.5 Å². The molecule has 3 atom stereocenters. The van der Waals surface area contributed by atoms with E-state index in [9.17, 15) is 4.79 Å². The molecule has 3 saturated heterocycles. The molecule has 1 aromatic heterocycles. The molecule has 0 saturated carbocycles. The fraction of sp³-hybridized carbons (Fsp3) is 0.462. The minimum atomic E-state index is -0.735. The van der Waals surface area contributed by atoms with Gasteiger partial charge in [-0.2, -0.15) is 0 Å². The number of benzene rings is 2. The Kier molecular flexibility index (Phi) is 6.02. The van der Waals surface area contributed by atoms with Gasteiger partial charge in [0.1, 0.15) is 6.61 Å². The van der Waals surface area contributed by atoms with Crippen LogP contribution in [0.1, 0.15) is 31.3 Å². The maximum absolute atomic E-state index is 16.2. The largest absolute Gasteiger partial charge is 0.447 e. The standard InChI is InChI=1S/C26H28FN3O6/c1-15-12-29(13-16(2)35-15)22-19(25-32-8-9-33-25)11-20-23(21(22)27)36-28-24(20)30-18(14-34-26(30)31)10-17-6-4-3-5-7-17/h3-7,11,15-16,18,25H,8-10,12-14H2,1-2H3/t15-,16+,18-/m1/s1. The predicted octanol–water partition coefficient (Wildman–Crippen LogP) is 4.19. The molecule has 4 heterocycles. The molecule has 3 aliphatic heterocycles. The number of carbonyl (C=O) groups excluding carboxylic acids is 1. The van der Waals surface area contributed by atoms with Gasteiger partial charge in [-0.25, -0.2) is 9.18 Å². The van der Waals surface area contributed by atoms with Crippen LogP contribution in [-0.4, -0.2) is 62.4 Å². The molecule has 0 aliphatic carbocycles. The van der Waals surface area contributed by atoms with Crippen molar-refractivity contribution in [2.45, 2.75) is 44.8 Å². The smallest absolute Gasteiger partial charge is 0.416 e. The van der Waals surface area contributed by atoms with E-state index in [0.29, 0.717) is 49.4 Å². The summed E-state index contributed by atoms with van der Waals surface area (Å²) in [6.07, 6.45) is -0.870. The first-order valence-corrected chi connectivity index (χ1v) is 12.2. The highest BCUT2D eigenvalue weighted by molar-refractivity contribution is 6.01. The summed E-state index contributed by atoms with van der Waals surface area (Å²) < 4.78 is 44.5. The number of hydrogen-bond acceptors (Lipinski definition) is 8. The zero-order chi connectivity index (χ0) is 24.8. The molecule has 2 aromatic carbocycles. The van der Waals surface area contributed by atoms with Crippen molar-refractivity contribution in [3.05, 3.63) is 53.3 Å². The van der Waals surface area contributed by atoms with Crippen LogP contribution in [-0.2, 0) is 25.4 Å². The summed E-state index contributed by atoms with van der Waals surface area (Å²) in [5.41, 5.74) is 1.92. The Balaban J connectivity index is 1.44. The number of morpholine rings is 1. The van der Waals surface area contributed by atoms with Crippen molar-refractivity contribution in [2.75, 3.05) is 42.7 Å². The highest BCUT2D eigenvalue weighted by atomic mass is 19.1. The third-order valence-corrected chi connectivity index (χ3v) is 6.80. The number of halogens is 1. The summed E-state index contributed by atoms with van der Waals surface area (Å²) in [7, 11) is 0. The Bertz CT molecular complexity index is 1250. The van der Waals surface area contributed by atoms with Gasteiger partial charge >= 0.3 is 6.09 Å². The fourth-order valence-corrected chi connectivity index (χ4v) is 5.36. The number of amides is 1. The van der Waals surface area contributed by atoms with Gasteiger partial charge in [0.15, 0.2) is 17.9 Å². The molecule has 0 N–H and O–H groups in total. The number of ether oxygens (including phenoxy) is 4. The molecule has 3 aromatic rings. The first-order chi connectivity index (χ1) is 17.5. The van der Waals surface area contributed by atoms with Crippen molar-refractivity contribution in [1.29, 1.82) is 0 Å². The second-order valence-corrected chi connectivity index (χ2v) is 9.54. The average Bonchev–Trinajstić information content (AvgIpc) is 3.60. The molecular weight excluding hydrogens is 469 g/mol. The third-order valence-electron chi connectivity index (χ3n) is 6.80. The molecule has 0 spiro atoms. The van der Waals surface area contributed by atoms with Crippen LogP contribution >= 0.6 is 0 Å². The lowest BCUT2D eigenvalue weighted by Gasteiger charge is -2.38.